The Bertz CT molecular complexity index is 740. The molecular weight excluding hydrogens is 268 g/mol. The summed E-state index contributed by atoms with van der Waals surface area (Å²) in [4.78, 5) is 9.92. The average molecular weight is 275 g/mol. The van der Waals surface area contributed by atoms with Gasteiger partial charge in [0.1, 0.15) is 11.6 Å². The zero-order valence-electron chi connectivity index (χ0n) is 9.93. The van der Waals surface area contributed by atoms with E-state index < -0.39 is 33.5 Å². The third kappa shape index (κ3) is 1.93. The van der Waals surface area contributed by atoms with Crippen LogP contribution in [0.15, 0.2) is 30.3 Å². The smallest absolute Gasteiger partial charge is 0.317 e. The van der Waals surface area contributed by atoms with Crippen LogP contribution in [0.5, 0.6) is 0 Å². The highest BCUT2D eigenvalue weighted by molar-refractivity contribution is 5.88. The van der Waals surface area contributed by atoms with Gasteiger partial charge in [0.2, 0.25) is 5.82 Å². The molecule has 20 heavy (non-hydrogen) atoms. The molecule has 2 aromatic rings. The van der Waals surface area contributed by atoms with Gasteiger partial charge in [0.15, 0.2) is 5.82 Å². The molecule has 2 aromatic carbocycles. The fraction of sp³-hybridized carbons (Fsp3) is 0. The number of nitro groups is 1. The van der Waals surface area contributed by atoms with Crippen LogP contribution in [-0.4, -0.2) is 4.92 Å². The highest BCUT2D eigenvalue weighted by Gasteiger charge is 2.31. The maximum atomic E-state index is 13.8. The molecule has 0 spiro atoms. The zero-order valence-corrected chi connectivity index (χ0v) is 9.93. The Balaban J connectivity index is 2.96. The minimum absolute atomic E-state index is 0.229. The Kier molecular flexibility index (Phi) is 3.31. The van der Waals surface area contributed by atoms with E-state index >= 15 is 0 Å². The number of anilines is 1. The number of rotatable bonds is 2. The minimum atomic E-state index is -1.69. The maximum absolute atomic E-state index is 13.8. The summed E-state index contributed by atoms with van der Waals surface area (Å²) in [5, 5.41) is 19.8. The zero-order chi connectivity index (χ0) is 14.9. The lowest BCUT2D eigenvalue weighted by molar-refractivity contribution is -0.387. The van der Waals surface area contributed by atoms with Gasteiger partial charge in [0, 0.05) is 0 Å². The largest absolute Gasteiger partial charge is 0.397 e. The van der Waals surface area contributed by atoms with Gasteiger partial charge in [-0.05, 0) is 5.56 Å². The standard InChI is InChI=1S/C13H7F2N3O2/c14-10-8(6-16)12(17)9(7-4-2-1-3-5-7)13(11(10)15)18(19)20/h1-5H,17H2. The third-order valence-electron chi connectivity index (χ3n) is 2.75. The summed E-state index contributed by atoms with van der Waals surface area (Å²) in [6.07, 6.45) is 0. The minimum Gasteiger partial charge on any atom is -0.397 e. The van der Waals surface area contributed by atoms with Gasteiger partial charge in [-0.2, -0.15) is 9.65 Å². The Morgan fingerprint density at radius 2 is 1.80 bits per heavy atom. The van der Waals surface area contributed by atoms with Crippen molar-refractivity contribution in [2.24, 2.45) is 0 Å². The molecule has 0 saturated heterocycles. The molecule has 2 N–H and O–H groups in total. The Morgan fingerprint density at radius 1 is 1.20 bits per heavy atom. The second-order valence-electron chi connectivity index (χ2n) is 3.88. The number of nitro benzene ring substituents is 1. The lowest BCUT2D eigenvalue weighted by Gasteiger charge is -2.10. The van der Waals surface area contributed by atoms with Crippen molar-refractivity contribution >= 4 is 11.4 Å². The number of nitrogens with two attached hydrogens (primary N) is 1. The summed E-state index contributed by atoms with van der Waals surface area (Å²) in [6, 6.07) is 9.10. The van der Waals surface area contributed by atoms with E-state index in [1.165, 1.54) is 18.2 Å². The molecule has 100 valence electrons. The van der Waals surface area contributed by atoms with E-state index in [4.69, 9.17) is 11.0 Å². The molecular formula is C13H7F2N3O2. The Morgan fingerprint density at radius 3 is 2.30 bits per heavy atom. The number of hydrogen-bond donors (Lipinski definition) is 1. The first-order valence-corrected chi connectivity index (χ1v) is 5.39. The van der Waals surface area contributed by atoms with Crippen molar-refractivity contribution in [3.8, 4) is 17.2 Å². The number of hydrogen-bond acceptors (Lipinski definition) is 4. The molecule has 0 aliphatic heterocycles. The van der Waals surface area contributed by atoms with E-state index in [2.05, 4.69) is 0 Å². The number of nitriles is 1. The number of benzene rings is 2. The van der Waals surface area contributed by atoms with Crippen LogP contribution >= 0.6 is 0 Å². The van der Waals surface area contributed by atoms with Crippen molar-refractivity contribution < 1.29 is 13.7 Å². The van der Waals surface area contributed by atoms with Crippen LogP contribution in [0.1, 0.15) is 5.56 Å². The number of nitrogen functional groups attached to an aromatic ring is 1. The van der Waals surface area contributed by atoms with Crippen LogP contribution in [0.3, 0.4) is 0 Å². The van der Waals surface area contributed by atoms with Crippen molar-refractivity contribution in [2.75, 3.05) is 5.73 Å². The number of halogens is 2. The Hall–Kier alpha value is -3.01. The monoisotopic (exact) mass is 275 g/mol. The number of nitrogens with zero attached hydrogens (tertiary/aromatic N) is 2. The first kappa shape index (κ1) is 13.4. The average Bonchev–Trinajstić information content (AvgIpc) is 2.43. The van der Waals surface area contributed by atoms with Gasteiger partial charge in [0.05, 0.1) is 16.2 Å². The lowest BCUT2D eigenvalue weighted by Crippen LogP contribution is -2.06. The van der Waals surface area contributed by atoms with E-state index in [1.54, 1.807) is 18.2 Å². The molecule has 0 heterocycles. The van der Waals surface area contributed by atoms with Crippen molar-refractivity contribution in [2.45, 2.75) is 0 Å². The highest BCUT2D eigenvalue weighted by atomic mass is 19.2. The summed E-state index contributed by atoms with van der Waals surface area (Å²) in [5.41, 5.74) is 3.25. The molecule has 0 fully saturated rings. The van der Waals surface area contributed by atoms with Crippen molar-refractivity contribution in [3.63, 3.8) is 0 Å². The molecule has 0 aliphatic carbocycles. The highest BCUT2D eigenvalue weighted by Crippen LogP contribution is 2.40. The molecule has 0 aliphatic rings. The van der Waals surface area contributed by atoms with Crippen molar-refractivity contribution in [3.05, 3.63) is 57.6 Å². The van der Waals surface area contributed by atoms with Gasteiger partial charge in [0.25, 0.3) is 0 Å². The van der Waals surface area contributed by atoms with Gasteiger partial charge in [-0.1, -0.05) is 30.3 Å². The third-order valence-corrected chi connectivity index (χ3v) is 2.75. The lowest BCUT2D eigenvalue weighted by atomic mass is 9.97. The molecule has 0 saturated carbocycles. The van der Waals surface area contributed by atoms with E-state index in [1.807, 2.05) is 0 Å². The van der Waals surface area contributed by atoms with Gasteiger partial charge in [-0.25, -0.2) is 4.39 Å². The van der Waals surface area contributed by atoms with Gasteiger partial charge in [-0.3, -0.25) is 10.1 Å². The van der Waals surface area contributed by atoms with Crippen molar-refractivity contribution in [1.29, 1.82) is 5.26 Å². The topological polar surface area (TPSA) is 93.0 Å². The van der Waals surface area contributed by atoms with Gasteiger partial charge in [-0.15, -0.1) is 0 Å². The molecule has 0 bridgehead atoms. The van der Waals surface area contributed by atoms with E-state index in [0.29, 0.717) is 0 Å². The van der Waals surface area contributed by atoms with E-state index in [0.717, 1.165) is 0 Å². The van der Waals surface area contributed by atoms with Gasteiger partial charge >= 0.3 is 5.69 Å². The predicted octanol–water partition coefficient (Wildman–Crippen LogP) is 2.99. The first-order valence-electron chi connectivity index (χ1n) is 5.39. The maximum Gasteiger partial charge on any atom is 0.317 e. The van der Waals surface area contributed by atoms with Gasteiger partial charge < -0.3 is 5.73 Å². The summed E-state index contributed by atoms with van der Waals surface area (Å²) >= 11 is 0. The molecule has 2 rings (SSSR count). The SMILES string of the molecule is N#Cc1c(N)c(-c2ccccc2)c([N+](=O)[O-])c(F)c1F. The summed E-state index contributed by atoms with van der Waals surface area (Å²) in [6.45, 7) is 0. The Labute approximate surface area is 112 Å². The van der Waals surface area contributed by atoms with Crippen LogP contribution in [-0.2, 0) is 0 Å². The van der Waals surface area contributed by atoms with Crippen LogP contribution in [0.4, 0.5) is 20.2 Å². The molecule has 0 aromatic heterocycles. The van der Waals surface area contributed by atoms with E-state index in [-0.39, 0.29) is 11.1 Å². The fourth-order valence-corrected chi connectivity index (χ4v) is 1.87. The van der Waals surface area contributed by atoms with Crippen LogP contribution in [0, 0.1) is 33.1 Å². The fourth-order valence-electron chi connectivity index (χ4n) is 1.87. The normalized spacial score (nSPS) is 10.1. The van der Waals surface area contributed by atoms with Crippen LogP contribution in [0.25, 0.3) is 11.1 Å². The summed E-state index contributed by atoms with van der Waals surface area (Å²) in [5.74, 6) is -3.31. The summed E-state index contributed by atoms with van der Waals surface area (Å²) in [7, 11) is 0. The summed E-state index contributed by atoms with van der Waals surface area (Å²) < 4.78 is 27.4. The predicted molar refractivity (Wildman–Crippen MR) is 67.6 cm³/mol. The van der Waals surface area contributed by atoms with Crippen LogP contribution in [0.2, 0.25) is 0 Å². The molecule has 0 radical (unpaired) electrons. The molecule has 7 heteroatoms. The molecule has 0 unspecified atom stereocenters. The van der Waals surface area contributed by atoms with Crippen LogP contribution < -0.4 is 5.73 Å². The first-order chi connectivity index (χ1) is 9.49. The molecule has 0 amide bonds. The quantitative estimate of drug-likeness (QED) is 0.518. The molecule has 5 nitrogen and oxygen atoms in total. The second-order valence-corrected chi connectivity index (χ2v) is 3.88. The molecule has 0 atom stereocenters. The second kappa shape index (κ2) is 4.93. The van der Waals surface area contributed by atoms with Crippen molar-refractivity contribution in [1.82, 2.24) is 0 Å². The van der Waals surface area contributed by atoms with E-state index in [9.17, 15) is 18.9 Å².